The third-order valence-electron chi connectivity index (χ3n) is 3.50. The predicted molar refractivity (Wildman–Crippen MR) is 117 cm³/mol. The van der Waals surface area contributed by atoms with E-state index >= 15 is 0 Å². The van der Waals surface area contributed by atoms with Crippen LogP contribution in [0.3, 0.4) is 0 Å². The van der Waals surface area contributed by atoms with Crippen molar-refractivity contribution in [1.82, 2.24) is 20.2 Å². The van der Waals surface area contributed by atoms with Gasteiger partial charge < -0.3 is 4.74 Å². The lowest BCUT2D eigenvalue weighted by Crippen LogP contribution is -2.18. The minimum absolute atomic E-state index is 0.176. The smallest absolute Gasteiger partial charge is 0.156 e. The first kappa shape index (κ1) is 22.0. The molecule has 0 amide bonds. The van der Waals surface area contributed by atoms with Crippen LogP contribution < -0.4 is 10.2 Å². The highest BCUT2D eigenvalue weighted by atomic mass is 35.5. The standard InChI is InChI=1S/C18H13Cl5N4O2/c19-11-1-2-13(14(21)5-11)17(8-27-10-24-9-25-27)26-29-4-3-28-18-15(22)6-12(20)7-16(18)23/h1-2,5-10,26H,3-4H2. The predicted octanol–water partition coefficient (Wildman–Crippen LogP) is 6.10. The number of nitrogens with zero attached hydrogens (tertiary/aromatic N) is 3. The van der Waals surface area contributed by atoms with Crippen LogP contribution in [0.25, 0.3) is 11.9 Å². The molecule has 0 saturated heterocycles. The molecule has 3 aromatic rings. The Bertz CT molecular complexity index is 988. The molecular formula is C18H13Cl5N4O2. The van der Waals surface area contributed by atoms with Crippen molar-refractivity contribution in [3.05, 3.63) is 73.7 Å². The van der Waals surface area contributed by atoms with Gasteiger partial charge in [-0.25, -0.2) is 9.67 Å². The summed E-state index contributed by atoms with van der Waals surface area (Å²) in [6, 6.07) is 8.19. The minimum atomic E-state index is 0.176. The van der Waals surface area contributed by atoms with Gasteiger partial charge in [0.25, 0.3) is 0 Å². The number of hydroxylamine groups is 1. The number of hydrogen-bond acceptors (Lipinski definition) is 5. The Kier molecular flexibility index (Phi) is 7.89. The van der Waals surface area contributed by atoms with Crippen molar-refractivity contribution in [2.75, 3.05) is 13.2 Å². The quantitative estimate of drug-likeness (QED) is 0.303. The molecule has 1 aromatic heterocycles. The lowest BCUT2D eigenvalue weighted by atomic mass is 10.2. The maximum absolute atomic E-state index is 6.30. The second kappa shape index (κ2) is 10.4. The maximum Gasteiger partial charge on any atom is 0.156 e. The van der Waals surface area contributed by atoms with Crippen LogP contribution in [0.15, 0.2) is 43.0 Å². The molecule has 0 atom stereocenters. The highest BCUT2D eigenvalue weighted by molar-refractivity contribution is 6.40. The normalized spacial score (nSPS) is 11.6. The second-order valence-corrected chi connectivity index (χ2v) is 7.63. The average Bonchev–Trinajstić information content (AvgIpc) is 3.15. The SMILES string of the molecule is Clc1ccc(C(=Cn2cncn2)NOCCOc2c(Cl)cc(Cl)cc2Cl)c(Cl)c1. The summed E-state index contributed by atoms with van der Waals surface area (Å²) in [6.45, 7) is 0.355. The molecule has 0 bridgehead atoms. The van der Waals surface area contributed by atoms with Gasteiger partial charge in [0, 0.05) is 15.6 Å². The van der Waals surface area contributed by atoms with E-state index in [1.54, 1.807) is 36.5 Å². The number of halogens is 5. The Morgan fingerprint density at radius 1 is 0.966 bits per heavy atom. The zero-order chi connectivity index (χ0) is 20.8. The summed E-state index contributed by atoms with van der Waals surface area (Å²) >= 11 is 30.3. The van der Waals surface area contributed by atoms with Crippen molar-refractivity contribution in [2.45, 2.75) is 0 Å². The Morgan fingerprint density at radius 2 is 1.69 bits per heavy atom. The monoisotopic (exact) mass is 492 g/mol. The molecule has 0 unspecified atom stereocenters. The van der Waals surface area contributed by atoms with Gasteiger partial charge in [0.05, 0.1) is 27.0 Å². The van der Waals surface area contributed by atoms with E-state index < -0.39 is 0 Å². The van der Waals surface area contributed by atoms with Crippen LogP contribution in [0, 0.1) is 0 Å². The Hall–Kier alpha value is -1.67. The summed E-state index contributed by atoms with van der Waals surface area (Å²) < 4.78 is 7.08. The first-order valence-electron chi connectivity index (χ1n) is 8.10. The minimum Gasteiger partial charge on any atom is -0.488 e. The van der Waals surface area contributed by atoms with E-state index in [-0.39, 0.29) is 13.2 Å². The number of benzene rings is 2. The van der Waals surface area contributed by atoms with Gasteiger partial charge in [-0.2, -0.15) is 5.10 Å². The average molecular weight is 495 g/mol. The van der Waals surface area contributed by atoms with Gasteiger partial charge in [0.1, 0.15) is 25.9 Å². The van der Waals surface area contributed by atoms with Gasteiger partial charge >= 0.3 is 0 Å². The maximum atomic E-state index is 6.30. The number of hydrogen-bond donors (Lipinski definition) is 1. The van der Waals surface area contributed by atoms with Crippen LogP contribution in [0.1, 0.15) is 5.56 Å². The van der Waals surface area contributed by atoms with Crippen LogP contribution in [-0.4, -0.2) is 28.0 Å². The Labute approximate surface area is 191 Å². The van der Waals surface area contributed by atoms with Crippen molar-refractivity contribution < 1.29 is 9.57 Å². The van der Waals surface area contributed by atoms with Crippen LogP contribution in [0.4, 0.5) is 0 Å². The van der Waals surface area contributed by atoms with E-state index in [4.69, 9.17) is 67.6 Å². The molecule has 0 saturated carbocycles. The van der Waals surface area contributed by atoms with E-state index in [1.165, 1.54) is 17.3 Å². The third-order valence-corrected chi connectivity index (χ3v) is 4.82. The van der Waals surface area contributed by atoms with E-state index in [2.05, 4.69) is 15.6 Å². The molecule has 152 valence electrons. The summed E-state index contributed by atoms with van der Waals surface area (Å²) in [7, 11) is 0. The van der Waals surface area contributed by atoms with Crippen molar-refractivity contribution in [3.63, 3.8) is 0 Å². The van der Waals surface area contributed by atoms with E-state index in [9.17, 15) is 0 Å². The van der Waals surface area contributed by atoms with E-state index in [0.717, 1.165) is 0 Å². The molecular weight excluding hydrogens is 481 g/mol. The van der Waals surface area contributed by atoms with Crippen LogP contribution in [-0.2, 0) is 4.84 Å². The largest absolute Gasteiger partial charge is 0.488 e. The van der Waals surface area contributed by atoms with Gasteiger partial charge in [-0.05, 0) is 30.3 Å². The summed E-state index contributed by atoms with van der Waals surface area (Å²) in [6.07, 6.45) is 4.60. The molecule has 11 heteroatoms. The highest BCUT2D eigenvalue weighted by Crippen LogP contribution is 2.35. The van der Waals surface area contributed by atoms with Gasteiger partial charge in [0.15, 0.2) is 5.75 Å². The van der Waals surface area contributed by atoms with Crippen LogP contribution in [0.5, 0.6) is 5.75 Å². The van der Waals surface area contributed by atoms with Crippen molar-refractivity contribution >= 4 is 69.9 Å². The molecule has 6 nitrogen and oxygen atoms in total. The van der Waals surface area contributed by atoms with Crippen LogP contribution in [0.2, 0.25) is 25.1 Å². The molecule has 0 aliphatic carbocycles. The van der Waals surface area contributed by atoms with Crippen molar-refractivity contribution in [3.8, 4) is 5.75 Å². The number of rotatable bonds is 8. The van der Waals surface area contributed by atoms with Gasteiger partial charge in [-0.15, -0.1) is 0 Å². The first-order valence-corrected chi connectivity index (χ1v) is 9.99. The molecule has 0 aliphatic rings. The fourth-order valence-electron chi connectivity index (χ4n) is 2.26. The summed E-state index contributed by atoms with van der Waals surface area (Å²) in [5.41, 5.74) is 4.04. The van der Waals surface area contributed by atoms with Gasteiger partial charge in [-0.1, -0.05) is 58.0 Å². The van der Waals surface area contributed by atoms with E-state index in [1.807, 2.05) is 0 Å². The van der Waals surface area contributed by atoms with Gasteiger partial charge in [0.2, 0.25) is 0 Å². The lowest BCUT2D eigenvalue weighted by molar-refractivity contribution is 0.0542. The third kappa shape index (κ3) is 6.15. The fourth-order valence-corrected chi connectivity index (χ4v) is 3.69. The Balaban J connectivity index is 1.64. The molecule has 0 fully saturated rings. The lowest BCUT2D eigenvalue weighted by Gasteiger charge is -2.14. The van der Waals surface area contributed by atoms with E-state index in [0.29, 0.717) is 42.1 Å². The highest BCUT2D eigenvalue weighted by Gasteiger charge is 2.11. The topological polar surface area (TPSA) is 61.2 Å². The second-order valence-electron chi connectivity index (χ2n) is 5.54. The molecule has 1 N–H and O–H groups in total. The Morgan fingerprint density at radius 3 is 2.34 bits per heavy atom. The number of ether oxygens (including phenoxy) is 1. The molecule has 0 spiro atoms. The van der Waals surface area contributed by atoms with Crippen LogP contribution >= 0.6 is 58.0 Å². The molecule has 3 rings (SSSR count). The number of aromatic nitrogens is 3. The molecule has 1 heterocycles. The zero-order valence-corrected chi connectivity index (χ0v) is 18.4. The molecule has 29 heavy (non-hydrogen) atoms. The zero-order valence-electron chi connectivity index (χ0n) is 14.6. The van der Waals surface area contributed by atoms with Crippen molar-refractivity contribution in [1.29, 1.82) is 0 Å². The summed E-state index contributed by atoms with van der Waals surface area (Å²) in [5, 5.41) is 6.05. The first-order chi connectivity index (χ1) is 13.9. The summed E-state index contributed by atoms with van der Waals surface area (Å²) in [4.78, 5) is 9.40. The molecule has 0 aliphatic heterocycles. The number of nitrogens with one attached hydrogen (secondary N) is 1. The molecule has 0 radical (unpaired) electrons. The van der Waals surface area contributed by atoms with Gasteiger partial charge in [-0.3, -0.25) is 10.3 Å². The van der Waals surface area contributed by atoms with Crippen molar-refractivity contribution in [2.24, 2.45) is 0 Å². The summed E-state index contributed by atoms with van der Waals surface area (Å²) in [5.74, 6) is 0.334. The fraction of sp³-hybridized carbons (Fsp3) is 0.111. The molecule has 2 aromatic carbocycles.